The number of aromatic nitrogens is 1. The summed E-state index contributed by atoms with van der Waals surface area (Å²) in [5.74, 6) is 0.268. The van der Waals surface area contributed by atoms with E-state index in [0.29, 0.717) is 5.88 Å². The minimum atomic E-state index is -0.103. The predicted octanol–water partition coefficient (Wildman–Crippen LogP) is 4.59. The van der Waals surface area contributed by atoms with Gasteiger partial charge in [-0.2, -0.15) is 0 Å². The molecule has 3 nitrogen and oxygen atoms in total. The number of nitrogens with one attached hydrogen (secondary N) is 1. The van der Waals surface area contributed by atoms with Crippen LogP contribution in [0.4, 0.5) is 5.69 Å². The SMILES string of the molecule is O=C(Cc1nc(CCl)cs1)Nc1cc(Br)ccc1Br. The van der Waals surface area contributed by atoms with Crippen molar-refractivity contribution in [2.75, 3.05) is 5.32 Å². The highest BCUT2D eigenvalue weighted by Crippen LogP contribution is 2.26. The van der Waals surface area contributed by atoms with Gasteiger partial charge in [0.1, 0.15) is 5.01 Å². The smallest absolute Gasteiger partial charge is 0.231 e. The normalized spacial score (nSPS) is 10.5. The molecule has 0 spiro atoms. The molecule has 0 aliphatic heterocycles. The van der Waals surface area contributed by atoms with Crippen molar-refractivity contribution in [3.8, 4) is 0 Å². The number of benzene rings is 1. The van der Waals surface area contributed by atoms with Gasteiger partial charge in [-0.25, -0.2) is 4.98 Å². The number of alkyl halides is 1. The monoisotopic (exact) mass is 422 g/mol. The van der Waals surface area contributed by atoms with Gasteiger partial charge in [0, 0.05) is 14.3 Å². The van der Waals surface area contributed by atoms with Gasteiger partial charge >= 0.3 is 0 Å². The van der Waals surface area contributed by atoms with Crippen molar-refractivity contribution in [1.82, 2.24) is 4.98 Å². The number of thiazole rings is 1. The van der Waals surface area contributed by atoms with Crippen LogP contribution < -0.4 is 5.32 Å². The van der Waals surface area contributed by atoms with Crippen LogP contribution in [0.3, 0.4) is 0 Å². The number of hydrogen-bond donors (Lipinski definition) is 1. The van der Waals surface area contributed by atoms with E-state index in [4.69, 9.17) is 11.6 Å². The van der Waals surface area contributed by atoms with Gasteiger partial charge in [0.25, 0.3) is 0 Å². The summed E-state index contributed by atoms with van der Waals surface area (Å²) in [6.45, 7) is 0. The molecule has 0 aliphatic rings. The van der Waals surface area contributed by atoms with Crippen LogP contribution >= 0.6 is 54.8 Å². The van der Waals surface area contributed by atoms with Crippen LogP contribution in [0, 0.1) is 0 Å². The Kier molecular flexibility index (Phi) is 5.38. The molecule has 1 heterocycles. The molecule has 0 unspecified atom stereocenters. The van der Waals surface area contributed by atoms with E-state index in [1.54, 1.807) is 0 Å². The first kappa shape index (κ1) is 15.0. The molecule has 2 aromatic rings. The molecule has 0 saturated carbocycles. The van der Waals surface area contributed by atoms with E-state index in [-0.39, 0.29) is 12.3 Å². The molecule has 0 bridgehead atoms. The second kappa shape index (κ2) is 6.83. The Bertz CT molecular complexity index is 603. The summed E-state index contributed by atoms with van der Waals surface area (Å²) >= 11 is 13.9. The summed E-state index contributed by atoms with van der Waals surface area (Å²) in [6.07, 6.45) is 0.251. The van der Waals surface area contributed by atoms with Gasteiger partial charge in [0.05, 0.1) is 23.7 Å². The number of carbonyl (C=O) groups excluding carboxylic acids is 1. The summed E-state index contributed by atoms with van der Waals surface area (Å²) in [7, 11) is 0. The molecule has 1 N–H and O–H groups in total. The van der Waals surface area contributed by atoms with Gasteiger partial charge in [-0.05, 0) is 34.1 Å². The second-order valence-electron chi connectivity index (χ2n) is 3.72. The molecule has 0 radical (unpaired) electrons. The highest BCUT2D eigenvalue weighted by Gasteiger charge is 2.10. The third kappa shape index (κ3) is 4.27. The van der Waals surface area contributed by atoms with E-state index in [2.05, 4.69) is 42.2 Å². The van der Waals surface area contributed by atoms with Crippen molar-refractivity contribution in [1.29, 1.82) is 0 Å². The molecule has 1 aromatic carbocycles. The van der Waals surface area contributed by atoms with Crippen molar-refractivity contribution in [3.63, 3.8) is 0 Å². The van der Waals surface area contributed by atoms with Gasteiger partial charge in [0.2, 0.25) is 5.91 Å². The highest BCUT2D eigenvalue weighted by atomic mass is 79.9. The zero-order valence-corrected chi connectivity index (χ0v) is 14.4. The Morgan fingerprint density at radius 2 is 2.21 bits per heavy atom. The lowest BCUT2D eigenvalue weighted by Gasteiger charge is -2.06. The number of anilines is 1. The number of rotatable bonds is 4. The predicted molar refractivity (Wildman–Crippen MR) is 85.8 cm³/mol. The van der Waals surface area contributed by atoms with E-state index < -0.39 is 0 Å². The van der Waals surface area contributed by atoms with Crippen LogP contribution in [-0.2, 0) is 17.1 Å². The van der Waals surface area contributed by atoms with Gasteiger partial charge < -0.3 is 5.32 Å². The van der Waals surface area contributed by atoms with E-state index in [1.807, 2.05) is 23.6 Å². The quantitative estimate of drug-likeness (QED) is 0.730. The molecule has 2 rings (SSSR count). The van der Waals surface area contributed by atoms with Gasteiger partial charge in [-0.15, -0.1) is 22.9 Å². The summed E-state index contributed by atoms with van der Waals surface area (Å²) in [6, 6.07) is 5.61. The molecule has 19 heavy (non-hydrogen) atoms. The fourth-order valence-corrected chi connectivity index (χ4v) is 3.14. The molecule has 7 heteroatoms. The number of hydrogen-bond acceptors (Lipinski definition) is 3. The summed E-state index contributed by atoms with van der Waals surface area (Å²) in [4.78, 5) is 16.2. The first-order chi connectivity index (χ1) is 9.08. The summed E-state index contributed by atoms with van der Waals surface area (Å²) in [5, 5.41) is 5.47. The van der Waals surface area contributed by atoms with Crippen LogP contribution in [0.1, 0.15) is 10.7 Å². The van der Waals surface area contributed by atoms with Crippen LogP contribution in [0.15, 0.2) is 32.5 Å². The third-order valence-electron chi connectivity index (χ3n) is 2.25. The average Bonchev–Trinajstić information content (AvgIpc) is 2.81. The molecular weight excluding hydrogens is 415 g/mol. The number of amides is 1. The van der Waals surface area contributed by atoms with Crippen molar-refractivity contribution in [2.24, 2.45) is 0 Å². The molecular formula is C12H9Br2ClN2OS. The van der Waals surface area contributed by atoms with Gasteiger partial charge in [-0.1, -0.05) is 15.9 Å². The third-order valence-corrected chi connectivity index (χ3v) is 4.61. The molecule has 0 saturated heterocycles. The first-order valence-electron chi connectivity index (χ1n) is 5.32. The van der Waals surface area contributed by atoms with E-state index in [1.165, 1.54) is 11.3 Å². The zero-order valence-electron chi connectivity index (χ0n) is 9.62. The zero-order chi connectivity index (χ0) is 13.8. The maximum absolute atomic E-state index is 11.9. The van der Waals surface area contributed by atoms with Crippen LogP contribution in [0.5, 0.6) is 0 Å². The Morgan fingerprint density at radius 3 is 2.89 bits per heavy atom. The average molecular weight is 425 g/mol. The Hall–Kier alpha value is -0.430. The summed E-state index contributed by atoms with van der Waals surface area (Å²) < 4.78 is 1.74. The number of nitrogens with zero attached hydrogens (tertiary/aromatic N) is 1. The molecule has 0 aliphatic carbocycles. The van der Waals surface area contributed by atoms with E-state index in [0.717, 1.165) is 25.3 Å². The second-order valence-corrected chi connectivity index (χ2v) is 6.70. The van der Waals surface area contributed by atoms with Crippen molar-refractivity contribution in [2.45, 2.75) is 12.3 Å². The highest BCUT2D eigenvalue weighted by molar-refractivity contribution is 9.11. The topological polar surface area (TPSA) is 42.0 Å². The standard InChI is InChI=1S/C12H9Br2ClN2OS/c13-7-1-2-9(14)10(3-7)17-11(18)4-12-16-8(5-15)6-19-12/h1-3,6H,4-5H2,(H,17,18). The largest absolute Gasteiger partial charge is 0.325 e. The molecule has 1 amide bonds. The number of carbonyl (C=O) groups is 1. The maximum Gasteiger partial charge on any atom is 0.231 e. The Morgan fingerprint density at radius 1 is 1.42 bits per heavy atom. The maximum atomic E-state index is 11.9. The lowest BCUT2D eigenvalue weighted by molar-refractivity contribution is -0.115. The van der Waals surface area contributed by atoms with Crippen LogP contribution in [0.2, 0.25) is 0 Å². The summed E-state index contributed by atoms with van der Waals surface area (Å²) in [5.41, 5.74) is 1.53. The Labute approximate surface area is 136 Å². The molecule has 0 fully saturated rings. The fourth-order valence-electron chi connectivity index (χ4n) is 1.42. The van der Waals surface area contributed by atoms with E-state index in [9.17, 15) is 4.79 Å². The minimum absolute atomic E-state index is 0.103. The molecule has 1 aromatic heterocycles. The fraction of sp³-hybridized carbons (Fsp3) is 0.167. The molecule has 100 valence electrons. The number of halogens is 3. The van der Waals surface area contributed by atoms with Crippen LogP contribution in [-0.4, -0.2) is 10.9 Å². The van der Waals surface area contributed by atoms with Crippen LogP contribution in [0.25, 0.3) is 0 Å². The lowest BCUT2D eigenvalue weighted by atomic mass is 10.3. The van der Waals surface area contributed by atoms with E-state index >= 15 is 0 Å². The van der Waals surface area contributed by atoms with Crippen molar-refractivity contribution < 1.29 is 4.79 Å². The Balaban J connectivity index is 2.03. The lowest BCUT2D eigenvalue weighted by Crippen LogP contribution is -2.14. The van der Waals surface area contributed by atoms with Gasteiger partial charge in [-0.3, -0.25) is 4.79 Å². The van der Waals surface area contributed by atoms with Crippen molar-refractivity contribution >= 4 is 66.4 Å². The van der Waals surface area contributed by atoms with Gasteiger partial charge in [0.15, 0.2) is 0 Å². The first-order valence-corrected chi connectivity index (χ1v) is 8.32. The molecule has 0 atom stereocenters. The minimum Gasteiger partial charge on any atom is -0.325 e. The van der Waals surface area contributed by atoms with Crippen molar-refractivity contribution in [3.05, 3.63) is 43.2 Å².